The Morgan fingerprint density at radius 3 is 2.84 bits per heavy atom. The summed E-state index contributed by atoms with van der Waals surface area (Å²) in [6.07, 6.45) is 5.26. The third-order valence-electron chi connectivity index (χ3n) is 3.66. The first-order valence-electron chi connectivity index (χ1n) is 6.09. The molecule has 0 amide bonds. The van der Waals surface area contributed by atoms with Gasteiger partial charge in [0.1, 0.15) is 9.20 Å². The Morgan fingerprint density at radius 2 is 2.16 bits per heavy atom. The van der Waals surface area contributed by atoms with Gasteiger partial charge in [0.05, 0.1) is 17.3 Å². The Hall–Kier alpha value is -0.600. The van der Waals surface area contributed by atoms with Gasteiger partial charge in [-0.05, 0) is 12.8 Å². The van der Waals surface area contributed by atoms with Crippen molar-refractivity contribution in [2.75, 3.05) is 18.9 Å². The van der Waals surface area contributed by atoms with Crippen LogP contribution in [0.3, 0.4) is 0 Å². The predicted octanol–water partition coefficient (Wildman–Crippen LogP) is 2.52. The van der Waals surface area contributed by atoms with Crippen molar-refractivity contribution in [2.45, 2.75) is 21.8 Å². The minimum Gasteiger partial charge on any atom is -0.384 e. The summed E-state index contributed by atoms with van der Waals surface area (Å²) in [6, 6.07) is 1.86. The maximum atomic E-state index is 6.47. The predicted molar refractivity (Wildman–Crippen MR) is 83.6 cm³/mol. The zero-order chi connectivity index (χ0) is 13.5. The molecule has 102 valence electrons. The molecule has 0 radical (unpaired) electrons. The lowest BCUT2D eigenvalue weighted by atomic mass is 9.92. The summed E-state index contributed by atoms with van der Waals surface area (Å²) in [5.74, 6) is 0.496. The van der Waals surface area contributed by atoms with Crippen LogP contribution in [0, 0.1) is 0 Å². The average Bonchev–Trinajstić information content (AvgIpc) is 2.82. The largest absolute Gasteiger partial charge is 0.384 e. The maximum Gasteiger partial charge on any atom is 0.125 e. The van der Waals surface area contributed by atoms with Crippen molar-refractivity contribution in [2.24, 2.45) is 0 Å². The number of anilines is 1. The number of aromatic nitrogens is 3. The number of nitrogens with two attached hydrogens (primary N) is 1. The van der Waals surface area contributed by atoms with Crippen LogP contribution in [0.15, 0.2) is 18.5 Å². The van der Waals surface area contributed by atoms with Gasteiger partial charge in [0, 0.05) is 30.9 Å². The molecular formula is C12H14ClIN4O. The number of nitrogen functional groups attached to an aromatic ring is 1. The molecule has 1 unspecified atom stereocenters. The molecule has 3 heterocycles. The Balaban J connectivity index is 2.17. The zero-order valence-corrected chi connectivity index (χ0v) is 13.1. The van der Waals surface area contributed by atoms with Gasteiger partial charge in [0.15, 0.2) is 0 Å². The van der Waals surface area contributed by atoms with E-state index in [1.165, 1.54) is 0 Å². The Bertz CT molecular complexity index is 594. The molecule has 3 rings (SSSR count). The van der Waals surface area contributed by atoms with Gasteiger partial charge in [0.2, 0.25) is 0 Å². The molecule has 2 aromatic heterocycles. The molecule has 1 aliphatic heterocycles. The third kappa shape index (κ3) is 2.19. The standard InChI is InChI=1S/C12H14ClIN4O/c13-11(14)12(1-3-19-4-2-12)18-9-5-10(15)16-6-8(9)7-17-18/h5-7,11H,1-4H2,(H2,15,16). The van der Waals surface area contributed by atoms with E-state index < -0.39 is 0 Å². The van der Waals surface area contributed by atoms with E-state index in [1.54, 1.807) is 6.20 Å². The molecule has 0 spiro atoms. The maximum absolute atomic E-state index is 6.47. The van der Waals surface area contributed by atoms with Gasteiger partial charge < -0.3 is 10.5 Å². The molecule has 0 aromatic carbocycles. The Morgan fingerprint density at radius 1 is 1.42 bits per heavy atom. The molecule has 1 atom stereocenters. The number of rotatable bonds is 2. The van der Waals surface area contributed by atoms with Crippen molar-refractivity contribution >= 4 is 50.9 Å². The van der Waals surface area contributed by atoms with E-state index in [0.29, 0.717) is 19.0 Å². The SMILES string of the molecule is Nc1cc2c(cn1)cnn2C1(C(Cl)I)CCOCC1. The molecule has 1 saturated heterocycles. The van der Waals surface area contributed by atoms with Gasteiger partial charge in [-0.1, -0.05) is 22.6 Å². The number of hydrogen-bond acceptors (Lipinski definition) is 4. The molecule has 0 bridgehead atoms. The molecule has 1 fully saturated rings. The highest BCUT2D eigenvalue weighted by molar-refractivity contribution is 14.1. The van der Waals surface area contributed by atoms with Crippen LogP contribution in [0.25, 0.3) is 10.9 Å². The van der Waals surface area contributed by atoms with E-state index >= 15 is 0 Å². The highest BCUT2D eigenvalue weighted by atomic mass is 127. The van der Waals surface area contributed by atoms with Crippen molar-refractivity contribution in [3.63, 3.8) is 0 Å². The third-order valence-corrected chi connectivity index (χ3v) is 5.23. The molecule has 0 aliphatic carbocycles. The summed E-state index contributed by atoms with van der Waals surface area (Å²) in [5.41, 5.74) is 6.55. The average molecular weight is 393 g/mol. The summed E-state index contributed by atoms with van der Waals surface area (Å²) in [7, 11) is 0. The minimum atomic E-state index is -0.226. The minimum absolute atomic E-state index is 0.0634. The number of nitrogens with zero attached hydrogens (tertiary/aromatic N) is 3. The molecule has 0 saturated carbocycles. The van der Waals surface area contributed by atoms with Gasteiger partial charge in [0.25, 0.3) is 0 Å². The van der Waals surface area contributed by atoms with Crippen LogP contribution in [0.5, 0.6) is 0 Å². The number of ether oxygens (including phenoxy) is 1. The van der Waals surface area contributed by atoms with Gasteiger partial charge in [-0.2, -0.15) is 5.10 Å². The van der Waals surface area contributed by atoms with Crippen molar-refractivity contribution < 1.29 is 4.74 Å². The first-order valence-corrected chi connectivity index (χ1v) is 7.77. The summed E-state index contributed by atoms with van der Waals surface area (Å²) >= 11 is 8.73. The molecule has 2 N–H and O–H groups in total. The van der Waals surface area contributed by atoms with Crippen LogP contribution in [0.4, 0.5) is 5.82 Å². The van der Waals surface area contributed by atoms with Gasteiger partial charge >= 0.3 is 0 Å². The van der Waals surface area contributed by atoms with E-state index in [2.05, 4.69) is 32.7 Å². The van der Waals surface area contributed by atoms with Crippen molar-refractivity contribution in [3.8, 4) is 0 Å². The van der Waals surface area contributed by atoms with Crippen molar-refractivity contribution in [3.05, 3.63) is 18.5 Å². The van der Waals surface area contributed by atoms with Crippen LogP contribution in [0.1, 0.15) is 12.8 Å². The van der Waals surface area contributed by atoms with Crippen LogP contribution in [-0.2, 0) is 10.3 Å². The van der Waals surface area contributed by atoms with Gasteiger partial charge in [-0.15, -0.1) is 11.6 Å². The normalized spacial score (nSPS) is 20.5. The van der Waals surface area contributed by atoms with E-state index in [9.17, 15) is 0 Å². The van der Waals surface area contributed by atoms with E-state index in [0.717, 1.165) is 23.7 Å². The first-order chi connectivity index (χ1) is 9.13. The second-order valence-corrected chi connectivity index (χ2v) is 7.16. The zero-order valence-electron chi connectivity index (χ0n) is 10.2. The lowest BCUT2D eigenvalue weighted by Crippen LogP contribution is -2.45. The van der Waals surface area contributed by atoms with Gasteiger partial charge in [-0.3, -0.25) is 4.68 Å². The molecule has 2 aromatic rings. The lowest BCUT2D eigenvalue weighted by Gasteiger charge is -2.39. The highest BCUT2D eigenvalue weighted by Gasteiger charge is 2.41. The van der Waals surface area contributed by atoms with E-state index in [-0.39, 0.29) is 8.92 Å². The Labute approximate surface area is 129 Å². The number of pyridine rings is 1. The summed E-state index contributed by atoms with van der Waals surface area (Å²) in [5, 5.41) is 5.51. The lowest BCUT2D eigenvalue weighted by molar-refractivity contribution is 0.0257. The first kappa shape index (κ1) is 13.4. The van der Waals surface area contributed by atoms with Gasteiger partial charge in [-0.25, -0.2) is 4.98 Å². The molecule has 19 heavy (non-hydrogen) atoms. The summed E-state index contributed by atoms with van der Waals surface area (Å²) < 4.78 is 7.41. The van der Waals surface area contributed by atoms with Crippen LogP contribution in [-0.4, -0.2) is 31.4 Å². The Kier molecular flexibility index (Phi) is 3.57. The molecule has 7 heteroatoms. The fourth-order valence-electron chi connectivity index (χ4n) is 2.54. The quantitative estimate of drug-likeness (QED) is 0.630. The molecule has 5 nitrogen and oxygen atoms in total. The molecule has 1 aliphatic rings. The summed E-state index contributed by atoms with van der Waals surface area (Å²) in [4.78, 5) is 4.10. The van der Waals surface area contributed by atoms with E-state index in [1.807, 2.05) is 16.9 Å². The number of alkyl halides is 2. The number of hydrogen-bond donors (Lipinski definition) is 1. The second-order valence-electron chi connectivity index (χ2n) is 4.74. The van der Waals surface area contributed by atoms with Crippen LogP contribution >= 0.6 is 34.2 Å². The fraction of sp³-hybridized carbons (Fsp3) is 0.500. The summed E-state index contributed by atoms with van der Waals surface area (Å²) in [6.45, 7) is 1.41. The monoisotopic (exact) mass is 392 g/mol. The van der Waals surface area contributed by atoms with Crippen molar-refractivity contribution in [1.82, 2.24) is 14.8 Å². The highest BCUT2D eigenvalue weighted by Crippen LogP contribution is 2.40. The number of halogens is 2. The topological polar surface area (TPSA) is 66.0 Å². The second kappa shape index (κ2) is 5.06. The van der Waals surface area contributed by atoms with Crippen LogP contribution in [0.2, 0.25) is 0 Å². The van der Waals surface area contributed by atoms with E-state index in [4.69, 9.17) is 22.1 Å². The van der Waals surface area contributed by atoms with Crippen LogP contribution < -0.4 is 5.73 Å². The smallest absolute Gasteiger partial charge is 0.125 e. The fourth-order valence-corrected chi connectivity index (χ4v) is 3.74. The number of fused-ring (bicyclic) bond motifs is 1. The van der Waals surface area contributed by atoms with Crippen molar-refractivity contribution in [1.29, 1.82) is 0 Å². The molecular weight excluding hydrogens is 379 g/mol.